The molecule has 0 aromatic rings. The highest BCUT2D eigenvalue weighted by atomic mass is 16.5. The summed E-state index contributed by atoms with van der Waals surface area (Å²) in [5.41, 5.74) is 0. The van der Waals surface area contributed by atoms with Gasteiger partial charge in [-0.3, -0.25) is 9.59 Å². The van der Waals surface area contributed by atoms with Crippen LogP contribution in [-0.2, 0) is 14.3 Å². The zero-order chi connectivity index (χ0) is 14.3. The van der Waals surface area contributed by atoms with Crippen molar-refractivity contribution in [1.82, 2.24) is 10.2 Å². The van der Waals surface area contributed by atoms with Gasteiger partial charge in [0.1, 0.15) is 6.04 Å². The molecule has 0 saturated carbocycles. The van der Waals surface area contributed by atoms with Crippen LogP contribution in [0.5, 0.6) is 0 Å². The first kappa shape index (κ1) is 16.0. The lowest BCUT2D eigenvalue weighted by Gasteiger charge is -2.35. The van der Waals surface area contributed by atoms with E-state index >= 15 is 0 Å². The summed E-state index contributed by atoms with van der Waals surface area (Å²) in [5.74, 6) is 0.166. The number of nitrogens with zero attached hydrogens (tertiary/aromatic N) is 1. The van der Waals surface area contributed by atoms with Crippen LogP contribution >= 0.6 is 0 Å². The Labute approximate surface area is 115 Å². The Balaban J connectivity index is 2.43. The number of ether oxygens (including phenoxy) is 1. The molecule has 0 aromatic carbocycles. The van der Waals surface area contributed by atoms with Gasteiger partial charge in [-0.05, 0) is 18.8 Å². The van der Waals surface area contributed by atoms with Crippen LogP contribution in [0.2, 0.25) is 0 Å². The van der Waals surface area contributed by atoms with Crippen molar-refractivity contribution in [2.45, 2.75) is 46.1 Å². The minimum Gasteiger partial charge on any atom is -0.381 e. The summed E-state index contributed by atoms with van der Waals surface area (Å²) in [5, 5.41) is 2.80. The second kappa shape index (κ2) is 8.15. The van der Waals surface area contributed by atoms with E-state index in [0.717, 1.165) is 25.9 Å². The van der Waals surface area contributed by atoms with Gasteiger partial charge in [-0.1, -0.05) is 27.2 Å². The molecule has 1 rings (SSSR count). The molecule has 0 aromatic heterocycles. The van der Waals surface area contributed by atoms with Gasteiger partial charge in [0.05, 0.1) is 6.54 Å². The molecular weight excluding hydrogens is 244 g/mol. The van der Waals surface area contributed by atoms with E-state index in [0.29, 0.717) is 13.2 Å². The number of hydrogen-bond donors (Lipinski definition) is 1. The highest BCUT2D eigenvalue weighted by molar-refractivity contribution is 5.94. The molecule has 1 heterocycles. The van der Waals surface area contributed by atoms with Gasteiger partial charge < -0.3 is 15.0 Å². The van der Waals surface area contributed by atoms with E-state index < -0.39 is 0 Å². The lowest BCUT2D eigenvalue weighted by atomic mass is 9.96. The highest BCUT2D eigenvalue weighted by Crippen LogP contribution is 2.14. The van der Waals surface area contributed by atoms with Gasteiger partial charge >= 0.3 is 0 Å². The largest absolute Gasteiger partial charge is 0.381 e. The molecule has 5 heteroatoms. The fourth-order valence-corrected chi connectivity index (χ4v) is 2.14. The summed E-state index contributed by atoms with van der Waals surface area (Å²) < 4.78 is 5.39. The maximum atomic E-state index is 12.3. The van der Waals surface area contributed by atoms with Gasteiger partial charge in [-0.15, -0.1) is 0 Å². The molecule has 19 heavy (non-hydrogen) atoms. The minimum atomic E-state index is -0.359. The van der Waals surface area contributed by atoms with E-state index in [2.05, 4.69) is 12.2 Å². The van der Waals surface area contributed by atoms with Crippen molar-refractivity contribution >= 4 is 11.8 Å². The lowest BCUT2D eigenvalue weighted by Crippen LogP contribution is -2.60. The fraction of sp³-hybridized carbons (Fsp3) is 0.857. The average Bonchev–Trinajstić information content (AvgIpc) is 2.41. The monoisotopic (exact) mass is 270 g/mol. The van der Waals surface area contributed by atoms with Crippen LogP contribution in [0, 0.1) is 5.92 Å². The first-order valence-corrected chi connectivity index (χ1v) is 7.26. The predicted octanol–water partition coefficient (Wildman–Crippen LogP) is 1.18. The van der Waals surface area contributed by atoms with E-state index in [9.17, 15) is 9.59 Å². The standard InChI is InChI=1S/C14H26N2O3/c1-4-8-19-9-6-7-16-10-12(17)15-13(14(16)18)11(3)5-2/h11,13H,4-10H2,1-3H3,(H,15,17). The van der Waals surface area contributed by atoms with E-state index in [1.807, 2.05) is 13.8 Å². The normalized spacial score (nSPS) is 21.4. The van der Waals surface area contributed by atoms with Crippen molar-refractivity contribution in [3.63, 3.8) is 0 Å². The molecule has 1 aliphatic rings. The Morgan fingerprint density at radius 1 is 1.37 bits per heavy atom. The van der Waals surface area contributed by atoms with E-state index in [1.54, 1.807) is 4.90 Å². The van der Waals surface area contributed by atoms with Gasteiger partial charge in [-0.25, -0.2) is 0 Å². The summed E-state index contributed by atoms with van der Waals surface area (Å²) in [6.07, 6.45) is 2.66. The number of rotatable bonds is 8. The number of piperazine rings is 1. The SMILES string of the molecule is CCCOCCCN1CC(=O)NC(C(C)CC)C1=O. The van der Waals surface area contributed by atoms with Crippen molar-refractivity contribution in [1.29, 1.82) is 0 Å². The summed E-state index contributed by atoms with van der Waals surface area (Å²) in [4.78, 5) is 25.6. The van der Waals surface area contributed by atoms with Crippen molar-refractivity contribution < 1.29 is 14.3 Å². The molecule has 110 valence electrons. The molecule has 1 saturated heterocycles. The molecule has 2 amide bonds. The number of amides is 2. The quantitative estimate of drug-likeness (QED) is 0.674. The van der Waals surface area contributed by atoms with E-state index in [-0.39, 0.29) is 30.3 Å². The molecule has 2 atom stereocenters. The summed E-state index contributed by atoms with van der Waals surface area (Å²) >= 11 is 0. The Hall–Kier alpha value is -1.10. The van der Waals surface area contributed by atoms with Crippen molar-refractivity contribution in [3.8, 4) is 0 Å². The Morgan fingerprint density at radius 3 is 2.74 bits per heavy atom. The third-order valence-corrected chi connectivity index (χ3v) is 3.51. The van der Waals surface area contributed by atoms with Crippen molar-refractivity contribution in [3.05, 3.63) is 0 Å². The Bertz CT molecular complexity index is 307. The predicted molar refractivity (Wildman–Crippen MR) is 73.7 cm³/mol. The van der Waals surface area contributed by atoms with Gasteiger partial charge in [0.15, 0.2) is 0 Å². The summed E-state index contributed by atoms with van der Waals surface area (Å²) in [6.45, 7) is 8.27. The van der Waals surface area contributed by atoms with E-state index in [4.69, 9.17) is 4.74 Å². The molecular formula is C14H26N2O3. The maximum absolute atomic E-state index is 12.3. The number of hydrogen-bond acceptors (Lipinski definition) is 3. The molecule has 0 radical (unpaired) electrons. The Morgan fingerprint density at radius 2 is 2.11 bits per heavy atom. The third-order valence-electron chi connectivity index (χ3n) is 3.51. The van der Waals surface area contributed by atoms with Crippen LogP contribution in [0.15, 0.2) is 0 Å². The molecule has 2 unspecified atom stereocenters. The molecule has 1 fully saturated rings. The summed E-state index contributed by atoms with van der Waals surface area (Å²) in [7, 11) is 0. The molecule has 0 bridgehead atoms. The van der Waals surface area contributed by atoms with Gasteiger partial charge in [0.2, 0.25) is 11.8 Å². The van der Waals surface area contributed by atoms with Gasteiger partial charge in [-0.2, -0.15) is 0 Å². The van der Waals surface area contributed by atoms with Crippen molar-refractivity contribution in [2.75, 3.05) is 26.3 Å². The first-order chi connectivity index (χ1) is 9.10. The highest BCUT2D eigenvalue weighted by Gasteiger charge is 2.34. The number of nitrogens with one attached hydrogen (secondary N) is 1. The Kier molecular flexibility index (Phi) is 6.84. The van der Waals surface area contributed by atoms with Gasteiger partial charge in [0, 0.05) is 19.8 Å². The lowest BCUT2D eigenvalue weighted by molar-refractivity contribution is -0.145. The third kappa shape index (κ3) is 4.82. The second-order valence-corrected chi connectivity index (χ2v) is 5.16. The fourth-order valence-electron chi connectivity index (χ4n) is 2.14. The molecule has 0 spiro atoms. The van der Waals surface area contributed by atoms with Crippen LogP contribution in [0.25, 0.3) is 0 Å². The summed E-state index contributed by atoms with van der Waals surface area (Å²) in [6, 6.07) is -0.359. The van der Waals surface area contributed by atoms with Crippen molar-refractivity contribution in [2.24, 2.45) is 5.92 Å². The number of carbonyl (C=O) groups excluding carboxylic acids is 2. The van der Waals surface area contributed by atoms with Crippen LogP contribution in [0.3, 0.4) is 0 Å². The first-order valence-electron chi connectivity index (χ1n) is 7.26. The zero-order valence-electron chi connectivity index (χ0n) is 12.3. The van der Waals surface area contributed by atoms with E-state index in [1.165, 1.54) is 0 Å². The number of carbonyl (C=O) groups is 2. The van der Waals surface area contributed by atoms with Gasteiger partial charge in [0.25, 0.3) is 0 Å². The maximum Gasteiger partial charge on any atom is 0.245 e. The zero-order valence-corrected chi connectivity index (χ0v) is 12.3. The van der Waals surface area contributed by atoms with Crippen LogP contribution in [0.1, 0.15) is 40.0 Å². The molecule has 1 N–H and O–H groups in total. The van der Waals surface area contributed by atoms with Crippen LogP contribution in [0.4, 0.5) is 0 Å². The smallest absolute Gasteiger partial charge is 0.245 e. The minimum absolute atomic E-state index is 0.0458. The topological polar surface area (TPSA) is 58.6 Å². The van der Waals surface area contributed by atoms with Crippen LogP contribution < -0.4 is 5.32 Å². The molecule has 0 aliphatic carbocycles. The van der Waals surface area contributed by atoms with Crippen LogP contribution in [-0.4, -0.2) is 49.1 Å². The molecule has 5 nitrogen and oxygen atoms in total. The molecule has 1 aliphatic heterocycles. The second-order valence-electron chi connectivity index (χ2n) is 5.16. The average molecular weight is 270 g/mol.